The SMILES string of the molecule is CCOc1cccc(CNc2cnc3ccccc3c2)c1. The molecule has 106 valence electrons. The molecular weight excluding hydrogens is 260 g/mol. The average molecular weight is 278 g/mol. The molecule has 0 saturated heterocycles. The zero-order valence-electron chi connectivity index (χ0n) is 12.0. The third-order valence-electron chi connectivity index (χ3n) is 3.30. The van der Waals surface area contributed by atoms with E-state index in [4.69, 9.17) is 4.74 Å². The van der Waals surface area contributed by atoms with Crippen LogP contribution < -0.4 is 10.1 Å². The fourth-order valence-corrected chi connectivity index (χ4v) is 2.28. The lowest BCUT2D eigenvalue weighted by molar-refractivity contribution is 0.340. The van der Waals surface area contributed by atoms with E-state index in [9.17, 15) is 0 Å². The summed E-state index contributed by atoms with van der Waals surface area (Å²) < 4.78 is 5.52. The fraction of sp³-hybridized carbons (Fsp3) is 0.167. The third kappa shape index (κ3) is 3.31. The van der Waals surface area contributed by atoms with Crippen LogP contribution in [-0.2, 0) is 6.54 Å². The van der Waals surface area contributed by atoms with E-state index in [1.807, 2.05) is 43.5 Å². The van der Waals surface area contributed by atoms with Gasteiger partial charge in [0.25, 0.3) is 0 Å². The molecule has 0 aliphatic rings. The van der Waals surface area contributed by atoms with Gasteiger partial charge in [-0.1, -0.05) is 30.3 Å². The second-order valence-electron chi connectivity index (χ2n) is 4.85. The number of para-hydroxylation sites is 1. The van der Waals surface area contributed by atoms with Crippen LogP contribution in [0.5, 0.6) is 5.75 Å². The van der Waals surface area contributed by atoms with Crippen molar-refractivity contribution in [1.82, 2.24) is 4.98 Å². The minimum Gasteiger partial charge on any atom is -0.494 e. The molecule has 0 atom stereocenters. The predicted molar refractivity (Wildman–Crippen MR) is 86.7 cm³/mol. The Morgan fingerprint density at radius 3 is 2.86 bits per heavy atom. The van der Waals surface area contributed by atoms with Gasteiger partial charge in [-0.3, -0.25) is 4.98 Å². The Morgan fingerprint density at radius 1 is 1.05 bits per heavy atom. The first-order valence-electron chi connectivity index (χ1n) is 7.15. The van der Waals surface area contributed by atoms with Crippen molar-refractivity contribution < 1.29 is 4.74 Å². The van der Waals surface area contributed by atoms with Crippen molar-refractivity contribution in [2.24, 2.45) is 0 Å². The number of hydrogen-bond acceptors (Lipinski definition) is 3. The molecule has 2 aromatic carbocycles. The number of rotatable bonds is 5. The molecule has 0 amide bonds. The van der Waals surface area contributed by atoms with Crippen LogP contribution in [0.25, 0.3) is 10.9 Å². The minimum absolute atomic E-state index is 0.686. The number of fused-ring (bicyclic) bond motifs is 1. The van der Waals surface area contributed by atoms with Gasteiger partial charge in [-0.25, -0.2) is 0 Å². The first kappa shape index (κ1) is 13.4. The average Bonchev–Trinajstić information content (AvgIpc) is 2.53. The van der Waals surface area contributed by atoms with Crippen LogP contribution in [0, 0.1) is 0 Å². The van der Waals surface area contributed by atoms with Gasteiger partial charge in [-0.2, -0.15) is 0 Å². The monoisotopic (exact) mass is 278 g/mol. The molecule has 3 aromatic rings. The molecule has 0 radical (unpaired) electrons. The van der Waals surface area contributed by atoms with Crippen molar-refractivity contribution in [1.29, 1.82) is 0 Å². The molecule has 0 aliphatic heterocycles. The van der Waals surface area contributed by atoms with E-state index in [-0.39, 0.29) is 0 Å². The maximum absolute atomic E-state index is 5.52. The van der Waals surface area contributed by atoms with Crippen molar-refractivity contribution in [2.45, 2.75) is 13.5 Å². The van der Waals surface area contributed by atoms with E-state index >= 15 is 0 Å². The number of aromatic nitrogens is 1. The van der Waals surface area contributed by atoms with Crippen LogP contribution >= 0.6 is 0 Å². The molecule has 0 fully saturated rings. The first-order valence-corrected chi connectivity index (χ1v) is 7.15. The highest BCUT2D eigenvalue weighted by Gasteiger charge is 1.99. The maximum atomic E-state index is 5.52. The molecule has 1 heterocycles. The number of benzene rings is 2. The van der Waals surface area contributed by atoms with Gasteiger partial charge in [0, 0.05) is 11.9 Å². The molecule has 0 aliphatic carbocycles. The molecule has 1 N–H and O–H groups in total. The summed E-state index contributed by atoms with van der Waals surface area (Å²) >= 11 is 0. The van der Waals surface area contributed by atoms with E-state index in [1.165, 1.54) is 5.56 Å². The zero-order chi connectivity index (χ0) is 14.5. The molecule has 0 unspecified atom stereocenters. The Hall–Kier alpha value is -2.55. The minimum atomic E-state index is 0.686. The number of hydrogen-bond donors (Lipinski definition) is 1. The summed E-state index contributed by atoms with van der Waals surface area (Å²) in [6.07, 6.45) is 1.87. The number of nitrogens with one attached hydrogen (secondary N) is 1. The summed E-state index contributed by atoms with van der Waals surface area (Å²) in [7, 11) is 0. The van der Waals surface area contributed by atoms with Crippen LogP contribution in [0.2, 0.25) is 0 Å². The van der Waals surface area contributed by atoms with Gasteiger partial charge in [-0.15, -0.1) is 0 Å². The van der Waals surface area contributed by atoms with Gasteiger partial charge in [0.05, 0.1) is 24.0 Å². The van der Waals surface area contributed by atoms with Crippen LogP contribution in [0.3, 0.4) is 0 Å². The molecule has 3 rings (SSSR count). The smallest absolute Gasteiger partial charge is 0.119 e. The summed E-state index contributed by atoms with van der Waals surface area (Å²) in [6.45, 7) is 3.43. The number of ether oxygens (including phenoxy) is 1. The highest BCUT2D eigenvalue weighted by atomic mass is 16.5. The normalized spacial score (nSPS) is 10.5. The van der Waals surface area contributed by atoms with Crippen LogP contribution in [0.1, 0.15) is 12.5 Å². The number of anilines is 1. The van der Waals surface area contributed by atoms with Gasteiger partial charge < -0.3 is 10.1 Å². The fourth-order valence-electron chi connectivity index (χ4n) is 2.28. The lowest BCUT2D eigenvalue weighted by Gasteiger charge is -2.09. The predicted octanol–water partition coefficient (Wildman–Crippen LogP) is 4.25. The largest absolute Gasteiger partial charge is 0.494 e. The van der Waals surface area contributed by atoms with Crippen molar-refractivity contribution in [2.75, 3.05) is 11.9 Å². The topological polar surface area (TPSA) is 34.1 Å². The quantitative estimate of drug-likeness (QED) is 0.757. The Balaban J connectivity index is 1.72. The van der Waals surface area contributed by atoms with E-state index in [2.05, 4.69) is 34.6 Å². The number of pyridine rings is 1. The second kappa shape index (κ2) is 6.27. The third-order valence-corrected chi connectivity index (χ3v) is 3.30. The van der Waals surface area contributed by atoms with E-state index in [0.29, 0.717) is 6.61 Å². The molecular formula is C18H18N2O. The standard InChI is InChI=1S/C18H18N2O/c1-2-21-17-8-5-6-14(10-17)12-19-16-11-15-7-3-4-9-18(15)20-13-16/h3-11,13,19H,2,12H2,1H3. The summed E-state index contributed by atoms with van der Waals surface area (Å²) in [5.74, 6) is 0.911. The van der Waals surface area contributed by atoms with Gasteiger partial charge in [0.15, 0.2) is 0 Å². The number of nitrogens with zero attached hydrogens (tertiary/aromatic N) is 1. The zero-order valence-corrected chi connectivity index (χ0v) is 12.0. The van der Waals surface area contributed by atoms with Gasteiger partial charge in [0.2, 0.25) is 0 Å². The summed E-state index contributed by atoms with van der Waals surface area (Å²) in [6, 6.07) is 18.4. The summed E-state index contributed by atoms with van der Waals surface area (Å²) in [5.41, 5.74) is 3.23. The Labute approximate surface area is 124 Å². The van der Waals surface area contributed by atoms with Crippen molar-refractivity contribution >= 4 is 16.6 Å². The van der Waals surface area contributed by atoms with E-state index in [1.54, 1.807) is 0 Å². The molecule has 1 aromatic heterocycles. The second-order valence-corrected chi connectivity index (χ2v) is 4.85. The van der Waals surface area contributed by atoms with Crippen LogP contribution in [-0.4, -0.2) is 11.6 Å². The van der Waals surface area contributed by atoms with Crippen molar-refractivity contribution in [3.8, 4) is 5.75 Å². The highest BCUT2D eigenvalue weighted by molar-refractivity contribution is 5.81. The first-order chi connectivity index (χ1) is 10.3. The Kier molecular flexibility index (Phi) is 4.01. The van der Waals surface area contributed by atoms with Gasteiger partial charge in [-0.05, 0) is 36.8 Å². The van der Waals surface area contributed by atoms with Gasteiger partial charge >= 0.3 is 0 Å². The maximum Gasteiger partial charge on any atom is 0.119 e. The Morgan fingerprint density at radius 2 is 1.95 bits per heavy atom. The Bertz CT molecular complexity index is 740. The molecule has 21 heavy (non-hydrogen) atoms. The van der Waals surface area contributed by atoms with Crippen LogP contribution in [0.4, 0.5) is 5.69 Å². The summed E-state index contributed by atoms with van der Waals surface area (Å²) in [5, 5.41) is 4.55. The van der Waals surface area contributed by atoms with Gasteiger partial charge in [0.1, 0.15) is 5.75 Å². The molecule has 0 saturated carbocycles. The van der Waals surface area contributed by atoms with Crippen molar-refractivity contribution in [3.63, 3.8) is 0 Å². The molecule has 3 heteroatoms. The molecule has 0 spiro atoms. The highest BCUT2D eigenvalue weighted by Crippen LogP contribution is 2.18. The summed E-state index contributed by atoms with van der Waals surface area (Å²) in [4.78, 5) is 4.45. The van der Waals surface area contributed by atoms with Crippen LogP contribution in [0.15, 0.2) is 60.8 Å². The molecule has 0 bridgehead atoms. The van der Waals surface area contributed by atoms with Crippen molar-refractivity contribution in [3.05, 3.63) is 66.4 Å². The van der Waals surface area contributed by atoms with E-state index in [0.717, 1.165) is 28.9 Å². The van der Waals surface area contributed by atoms with E-state index < -0.39 is 0 Å². The molecule has 3 nitrogen and oxygen atoms in total. The lowest BCUT2D eigenvalue weighted by Crippen LogP contribution is -2.00. The lowest BCUT2D eigenvalue weighted by atomic mass is 10.2.